The van der Waals surface area contributed by atoms with Gasteiger partial charge in [-0.3, -0.25) is 4.79 Å². The maximum absolute atomic E-state index is 11.7. The molecule has 1 rings (SSSR count). The van der Waals surface area contributed by atoms with Crippen molar-refractivity contribution in [2.24, 2.45) is 0 Å². The number of aromatic nitrogens is 1. The molecule has 0 aromatic carbocycles. The summed E-state index contributed by atoms with van der Waals surface area (Å²) in [5.74, 6) is -2.53. The van der Waals surface area contributed by atoms with E-state index in [1.807, 2.05) is 0 Å². The third-order valence-electron chi connectivity index (χ3n) is 2.41. The number of hydrogen-bond acceptors (Lipinski definition) is 5. The van der Waals surface area contributed by atoms with Crippen LogP contribution in [0.2, 0.25) is 5.15 Å². The summed E-state index contributed by atoms with van der Waals surface area (Å²) in [4.78, 5) is 36.2. The molecule has 2 N–H and O–H groups in total. The number of carbonyl (C=O) groups excluding carboxylic acids is 2. The highest BCUT2D eigenvalue weighted by Gasteiger charge is 2.24. The van der Waals surface area contributed by atoms with Gasteiger partial charge in [-0.05, 0) is 6.08 Å². The minimum atomic E-state index is -1.19. The van der Waals surface area contributed by atoms with Crippen molar-refractivity contribution in [1.82, 2.24) is 4.98 Å². The van der Waals surface area contributed by atoms with Crippen LogP contribution in [0.3, 0.4) is 0 Å². The highest BCUT2D eigenvalue weighted by Crippen LogP contribution is 2.26. The highest BCUT2D eigenvalue weighted by atomic mass is 35.5. The Hall–Kier alpha value is -2.28. The second-order valence-corrected chi connectivity index (χ2v) is 4.00. The number of aromatic amines is 1. The smallest absolute Gasteiger partial charge is 0.340 e. The van der Waals surface area contributed by atoms with Gasteiger partial charge in [0.25, 0.3) is 0 Å². The fraction of sp³-hybridized carbons (Fsp3) is 0.250. The number of esters is 2. The van der Waals surface area contributed by atoms with Gasteiger partial charge < -0.3 is 19.6 Å². The molecule has 0 aliphatic heterocycles. The van der Waals surface area contributed by atoms with Crippen molar-refractivity contribution in [1.29, 1.82) is 0 Å². The summed E-state index contributed by atoms with van der Waals surface area (Å²) in [6, 6.07) is 0. The molecule has 20 heavy (non-hydrogen) atoms. The van der Waals surface area contributed by atoms with E-state index in [4.69, 9.17) is 16.7 Å². The number of nitrogens with one attached hydrogen (secondary N) is 1. The minimum Gasteiger partial charge on any atom is -0.478 e. The van der Waals surface area contributed by atoms with Crippen LogP contribution in [0.25, 0.3) is 6.08 Å². The van der Waals surface area contributed by atoms with Crippen LogP contribution in [-0.4, -0.2) is 42.2 Å². The van der Waals surface area contributed by atoms with Gasteiger partial charge in [0, 0.05) is 11.6 Å². The molecule has 1 heterocycles. The van der Waals surface area contributed by atoms with Crippen LogP contribution in [0.4, 0.5) is 0 Å². The summed E-state index contributed by atoms with van der Waals surface area (Å²) < 4.78 is 9.11. The van der Waals surface area contributed by atoms with Gasteiger partial charge >= 0.3 is 17.9 Å². The third kappa shape index (κ3) is 3.61. The Bertz CT molecular complexity index is 575. The van der Waals surface area contributed by atoms with Crippen molar-refractivity contribution >= 4 is 35.6 Å². The van der Waals surface area contributed by atoms with E-state index in [0.717, 1.165) is 19.3 Å². The quantitative estimate of drug-likeness (QED) is 0.626. The number of aliphatic carboxylic acids is 1. The Kier molecular flexibility index (Phi) is 5.33. The van der Waals surface area contributed by atoms with Crippen LogP contribution in [0.1, 0.15) is 21.6 Å². The summed E-state index contributed by atoms with van der Waals surface area (Å²) in [5.41, 5.74) is 0.332. The van der Waals surface area contributed by atoms with Crippen molar-refractivity contribution in [3.05, 3.63) is 28.0 Å². The van der Waals surface area contributed by atoms with Crippen LogP contribution in [0, 0.1) is 0 Å². The summed E-state index contributed by atoms with van der Waals surface area (Å²) in [6.07, 6.45) is 1.74. The van der Waals surface area contributed by atoms with Gasteiger partial charge in [-0.1, -0.05) is 11.6 Å². The number of ether oxygens (including phenoxy) is 2. The van der Waals surface area contributed by atoms with Crippen LogP contribution < -0.4 is 0 Å². The average molecular weight is 302 g/mol. The molecule has 108 valence electrons. The summed E-state index contributed by atoms with van der Waals surface area (Å²) >= 11 is 5.92. The van der Waals surface area contributed by atoms with E-state index in [0.29, 0.717) is 0 Å². The van der Waals surface area contributed by atoms with Gasteiger partial charge in [-0.25, -0.2) is 9.59 Å². The Balaban J connectivity index is 3.32. The fourth-order valence-corrected chi connectivity index (χ4v) is 1.79. The molecule has 0 spiro atoms. The maximum Gasteiger partial charge on any atom is 0.340 e. The normalized spacial score (nSPS) is 10.6. The fourth-order valence-electron chi connectivity index (χ4n) is 1.53. The first-order valence-corrected chi connectivity index (χ1v) is 5.75. The first-order valence-electron chi connectivity index (χ1n) is 5.37. The Morgan fingerprint density at radius 2 is 1.95 bits per heavy atom. The van der Waals surface area contributed by atoms with Crippen molar-refractivity contribution in [3.63, 3.8) is 0 Å². The lowest BCUT2D eigenvalue weighted by Crippen LogP contribution is -2.10. The largest absolute Gasteiger partial charge is 0.478 e. The molecule has 0 aliphatic rings. The number of methoxy groups -OCH3 is 2. The average Bonchev–Trinajstić information content (AvgIpc) is 2.72. The summed E-state index contributed by atoms with van der Waals surface area (Å²) in [5, 5.41) is 8.64. The number of carbonyl (C=O) groups is 3. The minimum absolute atomic E-state index is 0.000370. The van der Waals surface area contributed by atoms with E-state index in [9.17, 15) is 14.4 Å². The highest BCUT2D eigenvalue weighted by molar-refractivity contribution is 6.31. The third-order valence-corrected chi connectivity index (χ3v) is 2.73. The lowest BCUT2D eigenvalue weighted by atomic mass is 10.1. The molecular weight excluding hydrogens is 290 g/mol. The molecule has 1 aromatic heterocycles. The Labute approximate surface area is 119 Å². The van der Waals surface area contributed by atoms with Crippen LogP contribution in [0.15, 0.2) is 6.08 Å². The van der Waals surface area contributed by atoms with Crippen molar-refractivity contribution in [2.45, 2.75) is 6.42 Å². The molecule has 0 saturated heterocycles. The molecule has 0 bridgehead atoms. The summed E-state index contributed by atoms with van der Waals surface area (Å²) in [7, 11) is 2.36. The van der Waals surface area contributed by atoms with Crippen LogP contribution >= 0.6 is 11.6 Å². The Morgan fingerprint density at radius 1 is 1.30 bits per heavy atom. The SMILES string of the molecule is COC(=O)Cc1c(Cl)[nH]c(/C=C/C(=O)O)c1C(=O)OC. The molecule has 8 heteroatoms. The molecule has 0 fully saturated rings. The van der Waals surface area contributed by atoms with Crippen molar-refractivity contribution in [2.75, 3.05) is 14.2 Å². The standard InChI is InChI=1S/C12H12ClNO6/c1-19-9(17)5-6-10(12(18)20-2)7(14-11(6)13)3-4-8(15)16/h3-4,14H,5H2,1-2H3,(H,15,16)/b4-3+. The number of carboxylic acids is 1. The Morgan fingerprint density at radius 3 is 2.45 bits per heavy atom. The second kappa shape index (κ2) is 6.76. The van der Waals surface area contributed by atoms with Gasteiger partial charge in [-0.2, -0.15) is 0 Å². The first kappa shape index (κ1) is 15.8. The van der Waals surface area contributed by atoms with Crippen molar-refractivity contribution < 1.29 is 29.0 Å². The number of rotatable bonds is 5. The second-order valence-electron chi connectivity index (χ2n) is 3.62. The maximum atomic E-state index is 11.7. The topological polar surface area (TPSA) is 106 Å². The number of H-pyrrole nitrogens is 1. The predicted molar refractivity (Wildman–Crippen MR) is 69.5 cm³/mol. The van der Waals surface area contributed by atoms with Crippen LogP contribution in [0.5, 0.6) is 0 Å². The number of hydrogen-bond donors (Lipinski definition) is 2. The lowest BCUT2D eigenvalue weighted by Gasteiger charge is -2.03. The van der Waals surface area contributed by atoms with Gasteiger partial charge in [0.2, 0.25) is 0 Å². The number of carboxylic acid groups (broad SMARTS) is 1. The molecule has 0 unspecified atom stereocenters. The predicted octanol–water partition coefficient (Wildman–Crippen LogP) is 1.27. The van der Waals surface area contributed by atoms with E-state index >= 15 is 0 Å². The summed E-state index contributed by atoms with van der Waals surface area (Å²) in [6.45, 7) is 0. The zero-order valence-corrected chi connectivity index (χ0v) is 11.5. The molecule has 1 aromatic rings. The molecule has 7 nitrogen and oxygen atoms in total. The zero-order valence-electron chi connectivity index (χ0n) is 10.7. The van der Waals surface area contributed by atoms with E-state index in [1.54, 1.807) is 0 Å². The zero-order chi connectivity index (χ0) is 15.3. The molecular formula is C12H12ClNO6. The van der Waals surface area contributed by atoms with Crippen molar-refractivity contribution in [3.8, 4) is 0 Å². The van der Waals surface area contributed by atoms with Gasteiger partial charge in [0.15, 0.2) is 0 Å². The first-order chi connectivity index (χ1) is 9.40. The molecule has 0 radical (unpaired) electrons. The van der Waals surface area contributed by atoms with Gasteiger partial charge in [0.1, 0.15) is 5.15 Å². The molecule has 0 saturated carbocycles. The molecule has 0 atom stereocenters. The lowest BCUT2D eigenvalue weighted by molar-refractivity contribution is -0.139. The van der Waals surface area contributed by atoms with E-state index < -0.39 is 17.9 Å². The molecule has 0 amide bonds. The number of halogens is 1. The van der Waals surface area contributed by atoms with Gasteiger partial charge in [0.05, 0.1) is 31.9 Å². The molecule has 0 aliphatic carbocycles. The van der Waals surface area contributed by atoms with E-state index in [-0.39, 0.29) is 28.4 Å². The van der Waals surface area contributed by atoms with E-state index in [1.165, 1.54) is 7.11 Å². The van der Waals surface area contributed by atoms with Crippen LogP contribution in [-0.2, 0) is 25.5 Å². The van der Waals surface area contributed by atoms with E-state index in [2.05, 4.69) is 14.5 Å². The van der Waals surface area contributed by atoms with Gasteiger partial charge in [-0.15, -0.1) is 0 Å². The monoisotopic (exact) mass is 301 g/mol.